The Morgan fingerprint density at radius 3 is 2.61 bits per heavy atom. The third kappa shape index (κ3) is 3.48. The molecule has 1 aliphatic rings. The minimum Gasteiger partial charge on any atom is -0.374 e. The van der Waals surface area contributed by atoms with Gasteiger partial charge in [0.05, 0.1) is 0 Å². The molecule has 0 unspecified atom stereocenters. The van der Waals surface area contributed by atoms with Gasteiger partial charge in [-0.15, -0.1) is 0 Å². The van der Waals surface area contributed by atoms with Crippen LogP contribution >= 0.6 is 15.9 Å². The molecule has 0 radical (unpaired) electrons. The molecule has 2 nitrogen and oxygen atoms in total. The van der Waals surface area contributed by atoms with E-state index in [-0.39, 0.29) is 0 Å². The molecule has 1 fully saturated rings. The second-order valence-electron chi connectivity index (χ2n) is 5.59. The van der Waals surface area contributed by atoms with E-state index in [0.717, 1.165) is 16.9 Å². The summed E-state index contributed by atoms with van der Waals surface area (Å²) in [6, 6.07) is 6.93. The molecule has 100 valence electrons. The summed E-state index contributed by atoms with van der Waals surface area (Å²) < 4.78 is 1.15. The fourth-order valence-electron chi connectivity index (χ4n) is 2.85. The van der Waals surface area contributed by atoms with E-state index in [1.54, 1.807) is 0 Å². The van der Waals surface area contributed by atoms with E-state index in [2.05, 4.69) is 53.0 Å². The van der Waals surface area contributed by atoms with Crippen LogP contribution in [-0.4, -0.2) is 19.6 Å². The molecular weight excluding hydrogens is 288 g/mol. The Hall–Kier alpha value is -0.540. The van der Waals surface area contributed by atoms with E-state index in [1.807, 2.05) is 0 Å². The SMILES string of the molecule is Cc1ccc(Br)cc1N(C)CC1CCC(N)CC1. The topological polar surface area (TPSA) is 29.3 Å². The van der Waals surface area contributed by atoms with Crippen LogP contribution in [-0.2, 0) is 0 Å². The van der Waals surface area contributed by atoms with Crippen molar-refractivity contribution >= 4 is 21.6 Å². The number of anilines is 1. The molecule has 18 heavy (non-hydrogen) atoms. The lowest BCUT2D eigenvalue weighted by atomic mass is 9.86. The largest absolute Gasteiger partial charge is 0.374 e. The van der Waals surface area contributed by atoms with Crippen molar-refractivity contribution < 1.29 is 0 Å². The molecule has 2 rings (SSSR count). The first-order valence-electron chi connectivity index (χ1n) is 6.79. The van der Waals surface area contributed by atoms with Crippen molar-refractivity contribution in [1.82, 2.24) is 0 Å². The number of halogens is 1. The molecule has 1 aromatic carbocycles. The molecule has 0 heterocycles. The van der Waals surface area contributed by atoms with E-state index in [4.69, 9.17) is 5.73 Å². The number of hydrogen-bond donors (Lipinski definition) is 1. The first kappa shape index (κ1) is 13.9. The van der Waals surface area contributed by atoms with Gasteiger partial charge in [0.15, 0.2) is 0 Å². The van der Waals surface area contributed by atoms with Gasteiger partial charge >= 0.3 is 0 Å². The zero-order valence-corrected chi connectivity index (χ0v) is 12.9. The van der Waals surface area contributed by atoms with Gasteiger partial charge in [0.2, 0.25) is 0 Å². The van der Waals surface area contributed by atoms with Gasteiger partial charge in [-0.1, -0.05) is 22.0 Å². The van der Waals surface area contributed by atoms with Gasteiger partial charge in [-0.2, -0.15) is 0 Å². The van der Waals surface area contributed by atoms with Crippen molar-refractivity contribution in [3.63, 3.8) is 0 Å². The Morgan fingerprint density at radius 2 is 1.94 bits per heavy atom. The fourth-order valence-corrected chi connectivity index (χ4v) is 3.20. The second kappa shape index (κ2) is 6.07. The van der Waals surface area contributed by atoms with Crippen LogP contribution in [0.3, 0.4) is 0 Å². The van der Waals surface area contributed by atoms with Crippen LogP contribution in [0.5, 0.6) is 0 Å². The van der Waals surface area contributed by atoms with E-state index < -0.39 is 0 Å². The lowest BCUT2D eigenvalue weighted by Crippen LogP contribution is -2.32. The molecule has 2 N–H and O–H groups in total. The average Bonchev–Trinajstić information content (AvgIpc) is 2.35. The summed E-state index contributed by atoms with van der Waals surface area (Å²) in [7, 11) is 2.20. The molecule has 3 heteroatoms. The van der Waals surface area contributed by atoms with Crippen LogP contribution in [0.4, 0.5) is 5.69 Å². The molecule has 0 spiro atoms. The van der Waals surface area contributed by atoms with Crippen molar-refractivity contribution in [2.75, 3.05) is 18.5 Å². The number of nitrogens with zero attached hydrogens (tertiary/aromatic N) is 1. The summed E-state index contributed by atoms with van der Waals surface area (Å²) in [5.41, 5.74) is 8.64. The minimum absolute atomic E-state index is 0.444. The number of nitrogens with two attached hydrogens (primary N) is 1. The van der Waals surface area contributed by atoms with Gasteiger partial charge in [0.1, 0.15) is 0 Å². The Labute approximate surface area is 119 Å². The van der Waals surface area contributed by atoms with E-state index in [0.29, 0.717) is 6.04 Å². The third-order valence-electron chi connectivity index (χ3n) is 4.01. The predicted octanol–water partition coefficient (Wildman–Crippen LogP) is 3.71. The summed E-state index contributed by atoms with van der Waals surface area (Å²) in [4.78, 5) is 2.39. The van der Waals surface area contributed by atoms with Crippen LogP contribution in [0, 0.1) is 12.8 Å². The highest BCUT2D eigenvalue weighted by Crippen LogP contribution is 2.28. The van der Waals surface area contributed by atoms with Gasteiger partial charge < -0.3 is 10.6 Å². The molecule has 0 amide bonds. The molecule has 1 saturated carbocycles. The maximum Gasteiger partial charge on any atom is 0.0404 e. The van der Waals surface area contributed by atoms with E-state index >= 15 is 0 Å². The number of benzene rings is 1. The molecule has 1 aliphatic carbocycles. The predicted molar refractivity (Wildman–Crippen MR) is 82.1 cm³/mol. The van der Waals surface area contributed by atoms with Gasteiger partial charge in [0, 0.05) is 29.8 Å². The summed E-state index contributed by atoms with van der Waals surface area (Å²) in [5, 5.41) is 0. The quantitative estimate of drug-likeness (QED) is 0.922. The normalized spacial score (nSPS) is 24.0. The zero-order chi connectivity index (χ0) is 13.1. The van der Waals surface area contributed by atoms with Crippen molar-refractivity contribution in [2.45, 2.75) is 38.6 Å². The summed E-state index contributed by atoms with van der Waals surface area (Å²) >= 11 is 3.55. The standard InChI is InChI=1S/C15H23BrN2/c1-11-3-6-13(16)9-15(11)18(2)10-12-4-7-14(17)8-5-12/h3,6,9,12,14H,4-5,7-8,10,17H2,1-2H3. The molecule has 0 aliphatic heterocycles. The molecular formula is C15H23BrN2. The summed E-state index contributed by atoms with van der Waals surface area (Å²) in [6.07, 6.45) is 4.93. The van der Waals surface area contributed by atoms with Crippen LogP contribution in [0.15, 0.2) is 22.7 Å². The lowest BCUT2D eigenvalue weighted by Gasteiger charge is -2.31. The lowest BCUT2D eigenvalue weighted by molar-refractivity contribution is 0.330. The van der Waals surface area contributed by atoms with E-state index in [1.165, 1.54) is 36.9 Å². The number of rotatable bonds is 3. The average molecular weight is 311 g/mol. The van der Waals surface area contributed by atoms with Crippen LogP contribution < -0.4 is 10.6 Å². The maximum atomic E-state index is 5.96. The Balaban J connectivity index is 1.98. The van der Waals surface area contributed by atoms with Crippen molar-refractivity contribution in [3.05, 3.63) is 28.2 Å². The maximum absolute atomic E-state index is 5.96. The van der Waals surface area contributed by atoms with Gasteiger partial charge in [-0.3, -0.25) is 0 Å². The highest BCUT2D eigenvalue weighted by molar-refractivity contribution is 9.10. The monoisotopic (exact) mass is 310 g/mol. The summed E-state index contributed by atoms with van der Waals surface area (Å²) in [6.45, 7) is 3.32. The molecule has 0 atom stereocenters. The summed E-state index contributed by atoms with van der Waals surface area (Å²) in [5.74, 6) is 0.799. The van der Waals surface area contributed by atoms with Crippen LogP contribution in [0.2, 0.25) is 0 Å². The second-order valence-corrected chi connectivity index (χ2v) is 6.51. The van der Waals surface area contributed by atoms with Crippen molar-refractivity contribution in [1.29, 1.82) is 0 Å². The van der Waals surface area contributed by atoms with Crippen molar-refractivity contribution in [2.24, 2.45) is 11.7 Å². The minimum atomic E-state index is 0.444. The third-order valence-corrected chi connectivity index (χ3v) is 4.50. The number of aryl methyl sites for hydroxylation is 1. The van der Waals surface area contributed by atoms with Gasteiger partial charge in [-0.05, 0) is 56.2 Å². The Kier molecular flexibility index (Phi) is 4.68. The first-order chi connectivity index (χ1) is 8.56. The Morgan fingerprint density at radius 1 is 1.28 bits per heavy atom. The van der Waals surface area contributed by atoms with Gasteiger partial charge in [0.25, 0.3) is 0 Å². The van der Waals surface area contributed by atoms with Gasteiger partial charge in [-0.25, -0.2) is 0 Å². The fraction of sp³-hybridized carbons (Fsp3) is 0.600. The highest BCUT2D eigenvalue weighted by atomic mass is 79.9. The molecule has 0 bridgehead atoms. The van der Waals surface area contributed by atoms with Crippen LogP contribution in [0.1, 0.15) is 31.2 Å². The molecule has 0 aromatic heterocycles. The Bertz CT molecular complexity index is 397. The van der Waals surface area contributed by atoms with E-state index in [9.17, 15) is 0 Å². The van der Waals surface area contributed by atoms with Crippen LogP contribution in [0.25, 0.3) is 0 Å². The highest BCUT2D eigenvalue weighted by Gasteiger charge is 2.20. The molecule has 1 aromatic rings. The zero-order valence-electron chi connectivity index (χ0n) is 11.3. The number of hydrogen-bond acceptors (Lipinski definition) is 2. The smallest absolute Gasteiger partial charge is 0.0404 e. The molecule has 0 saturated heterocycles. The van der Waals surface area contributed by atoms with Crippen molar-refractivity contribution in [3.8, 4) is 0 Å². The first-order valence-corrected chi connectivity index (χ1v) is 7.58.